The summed E-state index contributed by atoms with van der Waals surface area (Å²) in [7, 11) is -3.67. The minimum atomic E-state index is -3.67. The van der Waals surface area contributed by atoms with Crippen LogP contribution in [0.4, 0.5) is 4.39 Å². The summed E-state index contributed by atoms with van der Waals surface area (Å²) in [6.45, 7) is 4.24. The molecule has 0 saturated carbocycles. The standard InChI is InChI=1S/C15H18FN3O3S/c1-12-2-3-13(16)10-15(12)23(20,21)19-7-5-18(6-8-19)11-14-4-9-22-17-14/h2-4,9-10H,5-8,11H2,1H3. The predicted molar refractivity (Wildman–Crippen MR) is 81.7 cm³/mol. The maximum atomic E-state index is 13.4. The Morgan fingerprint density at radius 2 is 1.96 bits per heavy atom. The van der Waals surface area contributed by atoms with E-state index in [9.17, 15) is 12.8 Å². The number of aryl methyl sites for hydroxylation is 1. The average Bonchev–Trinajstić information content (AvgIpc) is 3.03. The lowest BCUT2D eigenvalue weighted by molar-refractivity contribution is 0.177. The summed E-state index contributed by atoms with van der Waals surface area (Å²) in [6.07, 6.45) is 1.52. The fraction of sp³-hybridized carbons (Fsp3) is 0.400. The van der Waals surface area contributed by atoms with Crippen LogP contribution in [0.15, 0.2) is 39.9 Å². The molecule has 8 heteroatoms. The van der Waals surface area contributed by atoms with E-state index in [0.29, 0.717) is 38.3 Å². The minimum absolute atomic E-state index is 0.0439. The van der Waals surface area contributed by atoms with Crippen molar-refractivity contribution in [3.63, 3.8) is 0 Å². The van der Waals surface area contributed by atoms with Crippen LogP contribution in [0.5, 0.6) is 0 Å². The van der Waals surface area contributed by atoms with Gasteiger partial charge in [0.2, 0.25) is 10.0 Å². The molecule has 0 amide bonds. The molecule has 1 aromatic heterocycles. The highest BCUT2D eigenvalue weighted by atomic mass is 32.2. The summed E-state index contributed by atoms with van der Waals surface area (Å²) in [6, 6.07) is 5.64. The number of sulfonamides is 1. The molecule has 0 bridgehead atoms. The van der Waals surface area contributed by atoms with Gasteiger partial charge in [-0.3, -0.25) is 4.90 Å². The fourth-order valence-corrected chi connectivity index (χ4v) is 4.33. The zero-order valence-electron chi connectivity index (χ0n) is 12.8. The highest BCUT2D eigenvalue weighted by Crippen LogP contribution is 2.22. The molecular weight excluding hydrogens is 321 g/mol. The first-order valence-corrected chi connectivity index (χ1v) is 8.79. The first kappa shape index (κ1) is 16.1. The molecule has 3 rings (SSSR count). The van der Waals surface area contributed by atoms with Crippen LogP contribution in [0.2, 0.25) is 0 Å². The highest BCUT2D eigenvalue weighted by molar-refractivity contribution is 7.89. The zero-order valence-corrected chi connectivity index (χ0v) is 13.6. The lowest BCUT2D eigenvalue weighted by Crippen LogP contribution is -2.48. The van der Waals surface area contributed by atoms with Crippen LogP contribution in [0.25, 0.3) is 0 Å². The molecule has 1 aromatic carbocycles. The van der Waals surface area contributed by atoms with Crippen molar-refractivity contribution in [3.05, 3.63) is 47.6 Å². The summed E-state index contributed by atoms with van der Waals surface area (Å²) >= 11 is 0. The summed E-state index contributed by atoms with van der Waals surface area (Å²) in [4.78, 5) is 2.16. The van der Waals surface area contributed by atoms with E-state index in [2.05, 4.69) is 10.1 Å². The molecule has 6 nitrogen and oxygen atoms in total. The number of aromatic nitrogens is 1. The number of piperazine rings is 1. The van der Waals surface area contributed by atoms with Crippen LogP contribution >= 0.6 is 0 Å². The number of halogens is 1. The Labute approximate surface area is 134 Å². The van der Waals surface area contributed by atoms with Gasteiger partial charge in [0.25, 0.3) is 0 Å². The first-order valence-electron chi connectivity index (χ1n) is 7.35. The molecule has 0 aliphatic carbocycles. The quantitative estimate of drug-likeness (QED) is 0.847. The minimum Gasteiger partial charge on any atom is -0.364 e. The van der Waals surface area contributed by atoms with Crippen molar-refractivity contribution in [2.75, 3.05) is 26.2 Å². The van der Waals surface area contributed by atoms with E-state index in [-0.39, 0.29) is 4.90 Å². The third-order valence-corrected chi connectivity index (χ3v) is 6.02. The van der Waals surface area contributed by atoms with Gasteiger partial charge in [0.05, 0.1) is 10.6 Å². The van der Waals surface area contributed by atoms with Gasteiger partial charge in [-0.1, -0.05) is 11.2 Å². The second kappa shape index (κ2) is 6.38. The van der Waals surface area contributed by atoms with Crippen molar-refractivity contribution in [1.29, 1.82) is 0 Å². The molecule has 1 fully saturated rings. The Bertz CT molecular complexity index is 769. The van der Waals surface area contributed by atoms with Crippen molar-refractivity contribution in [2.45, 2.75) is 18.4 Å². The Kier molecular flexibility index (Phi) is 4.47. The van der Waals surface area contributed by atoms with Gasteiger partial charge in [-0.15, -0.1) is 0 Å². The SMILES string of the molecule is Cc1ccc(F)cc1S(=O)(=O)N1CCN(Cc2ccon2)CC1. The largest absolute Gasteiger partial charge is 0.364 e. The maximum absolute atomic E-state index is 13.4. The smallest absolute Gasteiger partial charge is 0.243 e. The Hall–Kier alpha value is -1.77. The highest BCUT2D eigenvalue weighted by Gasteiger charge is 2.30. The monoisotopic (exact) mass is 339 g/mol. The van der Waals surface area contributed by atoms with Gasteiger partial charge >= 0.3 is 0 Å². The van der Waals surface area contributed by atoms with Gasteiger partial charge in [0.15, 0.2) is 0 Å². The molecule has 0 atom stereocenters. The van der Waals surface area contributed by atoms with Gasteiger partial charge in [-0.25, -0.2) is 12.8 Å². The summed E-state index contributed by atoms with van der Waals surface area (Å²) in [5.74, 6) is -0.543. The van der Waals surface area contributed by atoms with E-state index >= 15 is 0 Å². The Morgan fingerprint density at radius 3 is 2.61 bits per heavy atom. The molecule has 1 saturated heterocycles. The van der Waals surface area contributed by atoms with Gasteiger partial charge in [-0.05, 0) is 24.6 Å². The summed E-state index contributed by atoms with van der Waals surface area (Å²) < 4.78 is 45.0. The van der Waals surface area contributed by atoms with Crippen molar-refractivity contribution >= 4 is 10.0 Å². The van der Waals surface area contributed by atoms with E-state index in [1.54, 1.807) is 13.0 Å². The second-order valence-corrected chi connectivity index (χ2v) is 7.49. The molecule has 23 heavy (non-hydrogen) atoms. The van der Waals surface area contributed by atoms with Crippen LogP contribution in [0.1, 0.15) is 11.3 Å². The molecular formula is C15H18FN3O3S. The topological polar surface area (TPSA) is 66.7 Å². The average molecular weight is 339 g/mol. The molecule has 0 N–H and O–H groups in total. The molecule has 124 valence electrons. The first-order chi connectivity index (χ1) is 11.0. The molecule has 2 aromatic rings. The summed E-state index contributed by atoms with van der Waals surface area (Å²) in [5.41, 5.74) is 1.37. The zero-order chi connectivity index (χ0) is 16.4. The van der Waals surface area contributed by atoms with Crippen molar-refractivity contribution in [2.24, 2.45) is 0 Å². The van der Waals surface area contributed by atoms with E-state index in [1.165, 1.54) is 22.7 Å². The van der Waals surface area contributed by atoms with Crippen LogP contribution in [0.3, 0.4) is 0 Å². The van der Waals surface area contributed by atoms with E-state index in [0.717, 1.165) is 11.8 Å². The van der Waals surface area contributed by atoms with E-state index in [4.69, 9.17) is 4.52 Å². The fourth-order valence-electron chi connectivity index (χ4n) is 2.67. The lowest BCUT2D eigenvalue weighted by Gasteiger charge is -2.33. The number of rotatable bonds is 4. The van der Waals surface area contributed by atoms with Crippen LogP contribution in [0, 0.1) is 12.7 Å². The molecule has 2 heterocycles. The Morgan fingerprint density at radius 1 is 1.22 bits per heavy atom. The number of hydrogen-bond donors (Lipinski definition) is 0. The van der Waals surface area contributed by atoms with Gasteiger partial charge in [-0.2, -0.15) is 4.31 Å². The normalized spacial score (nSPS) is 17.5. The van der Waals surface area contributed by atoms with E-state index in [1.807, 2.05) is 0 Å². The third-order valence-electron chi connectivity index (χ3n) is 3.98. The Balaban J connectivity index is 1.70. The van der Waals surface area contributed by atoms with Crippen molar-refractivity contribution in [3.8, 4) is 0 Å². The van der Waals surface area contributed by atoms with E-state index < -0.39 is 15.8 Å². The second-order valence-electron chi connectivity index (χ2n) is 5.58. The van der Waals surface area contributed by atoms with Crippen LogP contribution in [-0.4, -0.2) is 49.0 Å². The summed E-state index contributed by atoms with van der Waals surface area (Å²) in [5, 5.41) is 3.86. The van der Waals surface area contributed by atoms with Gasteiger partial charge < -0.3 is 4.52 Å². The van der Waals surface area contributed by atoms with Crippen LogP contribution in [-0.2, 0) is 16.6 Å². The van der Waals surface area contributed by atoms with Gasteiger partial charge in [0.1, 0.15) is 12.1 Å². The molecule has 1 aliphatic heterocycles. The van der Waals surface area contributed by atoms with Crippen LogP contribution < -0.4 is 0 Å². The maximum Gasteiger partial charge on any atom is 0.243 e. The number of benzene rings is 1. The number of nitrogens with zero attached hydrogens (tertiary/aromatic N) is 3. The molecule has 0 radical (unpaired) electrons. The molecule has 1 aliphatic rings. The van der Waals surface area contributed by atoms with Crippen molar-refractivity contribution < 1.29 is 17.3 Å². The van der Waals surface area contributed by atoms with Gasteiger partial charge in [0, 0.05) is 38.8 Å². The lowest BCUT2D eigenvalue weighted by atomic mass is 10.2. The molecule has 0 unspecified atom stereocenters. The number of hydrogen-bond acceptors (Lipinski definition) is 5. The predicted octanol–water partition coefficient (Wildman–Crippen LogP) is 1.63. The molecule has 0 spiro atoms. The van der Waals surface area contributed by atoms with Crippen molar-refractivity contribution in [1.82, 2.24) is 14.4 Å². The third kappa shape index (κ3) is 3.44.